The van der Waals surface area contributed by atoms with Crippen molar-refractivity contribution in [2.45, 2.75) is 13.2 Å². The first-order valence-corrected chi connectivity index (χ1v) is 6.50. The normalized spacial score (nSPS) is 10.4. The fraction of sp³-hybridized carbons (Fsp3) is 0.214. The molecule has 94 valence electrons. The lowest BCUT2D eigenvalue weighted by Gasteiger charge is -2.19. The summed E-state index contributed by atoms with van der Waals surface area (Å²) in [6.45, 7) is 0.814. The molecule has 1 aromatic heterocycles. The number of halogens is 1. The first-order chi connectivity index (χ1) is 8.70. The van der Waals surface area contributed by atoms with E-state index in [2.05, 4.69) is 31.9 Å². The van der Waals surface area contributed by atoms with Crippen molar-refractivity contribution in [1.82, 2.24) is 4.98 Å². The monoisotopic (exact) mass is 306 g/mol. The third-order valence-corrected chi connectivity index (χ3v) is 3.52. The Morgan fingerprint density at radius 3 is 2.61 bits per heavy atom. The maximum absolute atomic E-state index is 8.98. The van der Waals surface area contributed by atoms with Gasteiger partial charge in [0.15, 0.2) is 0 Å². The molecule has 2 aromatic rings. The van der Waals surface area contributed by atoms with Crippen LogP contribution in [0.4, 0.5) is 5.82 Å². The second kappa shape index (κ2) is 5.98. The Hall–Kier alpha value is -1.39. The molecule has 0 spiro atoms. The van der Waals surface area contributed by atoms with E-state index in [-0.39, 0.29) is 6.61 Å². The second-order valence-electron chi connectivity index (χ2n) is 4.13. The average molecular weight is 307 g/mol. The zero-order chi connectivity index (χ0) is 13.0. The van der Waals surface area contributed by atoms with Gasteiger partial charge in [0, 0.05) is 24.3 Å². The molecule has 2 rings (SSSR count). The van der Waals surface area contributed by atoms with Crippen LogP contribution < -0.4 is 4.90 Å². The summed E-state index contributed by atoms with van der Waals surface area (Å²) < 4.78 is 1.10. The maximum atomic E-state index is 8.98. The van der Waals surface area contributed by atoms with Crippen LogP contribution in [0.25, 0.3) is 0 Å². The summed E-state index contributed by atoms with van der Waals surface area (Å²) in [7, 11) is 2.00. The molecule has 1 aromatic carbocycles. The minimum absolute atomic E-state index is 0.0290. The summed E-state index contributed by atoms with van der Waals surface area (Å²) in [5.74, 6) is 0.892. The number of benzene rings is 1. The Balaban J connectivity index is 2.11. The van der Waals surface area contributed by atoms with Crippen LogP contribution in [0.5, 0.6) is 0 Å². The highest BCUT2D eigenvalue weighted by molar-refractivity contribution is 9.10. The predicted octanol–water partition coefficient (Wildman–Crippen LogP) is 2.97. The molecule has 0 amide bonds. The number of pyridine rings is 1. The molecule has 0 radical (unpaired) electrons. The number of nitrogens with zero attached hydrogens (tertiary/aromatic N) is 2. The summed E-state index contributed by atoms with van der Waals surface area (Å²) in [5, 5.41) is 8.98. The van der Waals surface area contributed by atoms with Gasteiger partial charge in [-0.15, -0.1) is 0 Å². The molecule has 0 unspecified atom stereocenters. The fourth-order valence-electron chi connectivity index (χ4n) is 1.70. The highest BCUT2D eigenvalue weighted by Crippen LogP contribution is 2.19. The number of hydrogen-bond donors (Lipinski definition) is 1. The van der Waals surface area contributed by atoms with E-state index in [4.69, 9.17) is 5.11 Å². The number of hydrogen-bond acceptors (Lipinski definition) is 3. The van der Waals surface area contributed by atoms with E-state index in [0.29, 0.717) is 0 Å². The van der Waals surface area contributed by atoms with Crippen molar-refractivity contribution >= 4 is 21.7 Å². The molecular formula is C14H15BrN2O. The van der Waals surface area contributed by atoms with Gasteiger partial charge in [-0.1, -0.05) is 40.2 Å². The summed E-state index contributed by atoms with van der Waals surface area (Å²) in [6, 6.07) is 12.0. The molecule has 0 aliphatic carbocycles. The van der Waals surface area contributed by atoms with Crippen molar-refractivity contribution < 1.29 is 5.11 Å². The van der Waals surface area contributed by atoms with Gasteiger partial charge in [-0.25, -0.2) is 4.98 Å². The summed E-state index contributed by atoms with van der Waals surface area (Å²) in [5.41, 5.74) is 2.04. The van der Waals surface area contributed by atoms with Gasteiger partial charge in [0.1, 0.15) is 5.82 Å². The van der Waals surface area contributed by atoms with Crippen LogP contribution in [0.2, 0.25) is 0 Å². The average Bonchev–Trinajstić information content (AvgIpc) is 2.41. The van der Waals surface area contributed by atoms with Crippen molar-refractivity contribution in [2.24, 2.45) is 0 Å². The largest absolute Gasteiger partial charge is 0.392 e. The van der Waals surface area contributed by atoms with Crippen molar-refractivity contribution in [2.75, 3.05) is 11.9 Å². The van der Waals surface area contributed by atoms with Gasteiger partial charge >= 0.3 is 0 Å². The van der Waals surface area contributed by atoms with Gasteiger partial charge < -0.3 is 10.0 Å². The summed E-state index contributed by atoms with van der Waals surface area (Å²) in [4.78, 5) is 6.40. The number of aliphatic hydroxyl groups excluding tert-OH is 1. The van der Waals surface area contributed by atoms with Gasteiger partial charge in [0.05, 0.1) is 6.61 Å². The van der Waals surface area contributed by atoms with Crippen molar-refractivity contribution in [3.8, 4) is 0 Å². The Kier molecular flexibility index (Phi) is 4.33. The van der Waals surface area contributed by atoms with Gasteiger partial charge in [-0.3, -0.25) is 0 Å². The predicted molar refractivity (Wildman–Crippen MR) is 76.4 cm³/mol. The standard InChI is InChI=1S/C14H15BrN2O/c1-17(9-12-4-2-3-5-13(12)15)14-7-6-11(10-18)8-16-14/h2-8,18H,9-10H2,1H3. The minimum Gasteiger partial charge on any atom is -0.392 e. The molecule has 0 saturated carbocycles. The van der Waals surface area contributed by atoms with E-state index < -0.39 is 0 Å². The minimum atomic E-state index is 0.0290. The maximum Gasteiger partial charge on any atom is 0.128 e. The first-order valence-electron chi connectivity index (χ1n) is 5.71. The van der Waals surface area contributed by atoms with E-state index in [1.807, 2.05) is 37.4 Å². The lowest BCUT2D eigenvalue weighted by Crippen LogP contribution is -2.17. The van der Waals surface area contributed by atoms with Crippen LogP contribution in [0.3, 0.4) is 0 Å². The number of aromatic nitrogens is 1. The molecule has 1 heterocycles. The molecule has 0 saturated heterocycles. The molecule has 0 aliphatic heterocycles. The lowest BCUT2D eigenvalue weighted by atomic mass is 10.2. The van der Waals surface area contributed by atoms with Crippen LogP contribution >= 0.6 is 15.9 Å². The topological polar surface area (TPSA) is 36.4 Å². The Morgan fingerprint density at radius 2 is 2.00 bits per heavy atom. The second-order valence-corrected chi connectivity index (χ2v) is 4.98. The molecule has 4 heteroatoms. The fourth-order valence-corrected chi connectivity index (χ4v) is 2.11. The zero-order valence-electron chi connectivity index (χ0n) is 10.2. The molecular weight excluding hydrogens is 292 g/mol. The van der Waals surface area contributed by atoms with E-state index in [1.165, 1.54) is 5.56 Å². The molecule has 18 heavy (non-hydrogen) atoms. The van der Waals surface area contributed by atoms with Crippen molar-refractivity contribution in [3.63, 3.8) is 0 Å². The summed E-state index contributed by atoms with van der Waals surface area (Å²) >= 11 is 3.54. The highest BCUT2D eigenvalue weighted by Gasteiger charge is 2.05. The van der Waals surface area contributed by atoms with Crippen molar-refractivity contribution in [1.29, 1.82) is 0 Å². The van der Waals surface area contributed by atoms with E-state index in [9.17, 15) is 0 Å². The molecule has 0 atom stereocenters. The SMILES string of the molecule is CN(Cc1ccccc1Br)c1ccc(CO)cn1. The van der Waals surface area contributed by atoms with Gasteiger partial charge in [-0.2, -0.15) is 0 Å². The molecule has 1 N–H and O–H groups in total. The molecule has 0 bridgehead atoms. The van der Waals surface area contributed by atoms with Crippen LogP contribution in [0, 0.1) is 0 Å². The smallest absolute Gasteiger partial charge is 0.128 e. The van der Waals surface area contributed by atoms with Crippen LogP contribution in [0.15, 0.2) is 47.1 Å². The Bertz CT molecular complexity index is 513. The quantitative estimate of drug-likeness (QED) is 0.943. The Morgan fingerprint density at radius 1 is 1.22 bits per heavy atom. The molecule has 0 fully saturated rings. The van der Waals surface area contributed by atoms with E-state index in [1.54, 1.807) is 6.20 Å². The van der Waals surface area contributed by atoms with E-state index in [0.717, 1.165) is 22.4 Å². The number of anilines is 1. The lowest BCUT2D eigenvalue weighted by molar-refractivity contribution is 0.281. The number of rotatable bonds is 4. The highest BCUT2D eigenvalue weighted by atomic mass is 79.9. The molecule has 0 aliphatic rings. The third-order valence-electron chi connectivity index (χ3n) is 2.75. The third kappa shape index (κ3) is 3.09. The van der Waals surface area contributed by atoms with Gasteiger partial charge in [0.25, 0.3) is 0 Å². The van der Waals surface area contributed by atoms with Crippen LogP contribution in [0.1, 0.15) is 11.1 Å². The van der Waals surface area contributed by atoms with Crippen molar-refractivity contribution in [3.05, 3.63) is 58.2 Å². The first kappa shape index (κ1) is 13.1. The van der Waals surface area contributed by atoms with Gasteiger partial charge in [0.2, 0.25) is 0 Å². The summed E-state index contributed by atoms with van der Waals surface area (Å²) in [6.07, 6.45) is 1.70. The van der Waals surface area contributed by atoms with Crippen LogP contribution in [-0.2, 0) is 13.2 Å². The number of aliphatic hydroxyl groups is 1. The Labute approximate surface area is 115 Å². The van der Waals surface area contributed by atoms with Gasteiger partial charge in [-0.05, 0) is 23.3 Å². The molecule has 3 nitrogen and oxygen atoms in total. The zero-order valence-corrected chi connectivity index (χ0v) is 11.8. The van der Waals surface area contributed by atoms with Crippen LogP contribution in [-0.4, -0.2) is 17.1 Å². The van der Waals surface area contributed by atoms with E-state index >= 15 is 0 Å².